The van der Waals surface area contributed by atoms with Gasteiger partial charge in [0.1, 0.15) is 5.82 Å². The number of pyridine rings is 1. The van der Waals surface area contributed by atoms with Crippen LogP contribution in [0.1, 0.15) is 11.6 Å². The highest BCUT2D eigenvalue weighted by molar-refractivity contribution is 7.88. The molecule has 0 unspecified atom stereocenters. The first kappa shape index (κ1) is 18.8. The average Bonchev–Trinajstić information content (AvgIpc) is 2.63. The van der Waals surface area contributed by atoms with Crippen molar-refractivity contribution in [2.45, 2.75) is 6.04 Å². The van der Waals surface area contributed by atoms with Crippen LogP contribution in [0.3, 0.4) is 0 Å². The molecule has 0 saturated carbocycles. The number of piperazine rings is 1. The van der Waals surface area contributed by atoms with Crippen molar-refractivity contribution in [1.29, 1.82) is 0 Å². The zero-order valence-electron chi connectivity index (χ0n) is 14.7. The molecule has 1 aliphatic heterocycles. The van der Waals surface area contributed by atoms with Gasteiger partial charge >= 0.3 is 0 Å². The van der Waals surface area contributed by atoms with Gasteiger partial charge in [0, 0.05) is 56.8 Å². The summed E-state index contributed by atoms with van der Waals surface area (Å²) < 4.78 is 38.8. The molecule has 2 aromatic rings. The maximum atomic E-state index is 13.1. The van der Waals surface area contributed by atoms with Gasteiger partial charge in [0.15, 0.2) is 0 Å². The summed E-state index contributed by atoms with van der Waals surface area (Å²) in [6.45, 7) is 3.45. The molecule has 3 rings (SSSR count). The van der Waals surface area contributed by atoms with Crippen LogP contribution < -0.4 is 9.62 Å². The molecular formula is C18H23FN4O2S. The average molecular weight is 378 g/mol. The molecule has 0 aliphatic carbocycles. The van der Waals surface area contributed by atoms with Crippen molar-refractivity contribution in [2.24, 2.45) is 0 Å². The first-order valence-corrected chi connectivity index (χ1v) is 10.4. The molecule has 1 aromatic carbocycles. The van der Waals surface area contributed by atoms with Gasteiger partial charge in [-0.2, -0.15) is 0 Å². The minimum atomic E-state index is -3.27. The van der Waals surface area contributed by atoms with Crippen LogP contribution in [0.25, 0.3) is 0 Å². The summed E-state index contributed by atoms with van der Waals surface area (Å²) in [6.07, 6.45) is 4.65. The van der Waals surface area contributed by atoms with Gasteiger partial charge in [-0.05, 0) is 35.9 Å². The van der Waals surface area contributed by atoms with E-state index < -0.39 is 10.0 Å². The number of sulfonamides is 1. The zero-order valence-corrected chi connectivity index (χ0v) is 15.5. The van der Waals surface area contributed by atoms with Crippen LogP contribution in [0.5, 0.6) is 0 Å². The van der Waals surface area contributed by atoms with Gasteiger partial charge in [0.2, 0.25) is 10.0 Å². The second-order valence-corrected chi connectivity index (χ2v) is 8.26. The maximum Gasteiger partial charge on any atom is 0.208 e. The van der Waals surface area contributed by atoms with Crippen molar-refractivity contribution in [3.8, 4) is 0 Å². The third-order valence-corrected chi connectivity index (χ3v) is 5.25. The molecule has 1 aromatic heterocycles. The van der Waals surface area contributed by atoms with Crippen LogP contribution in [-0.4, -0.2) is 57.3 Å². The number of hydrogen-bond acceptors (Lipinski definition) is 5. The van der Waals surface area contributed by atoms with E-state index in [1.54, 1.807) is 24.5 Å². The molecule has 2 heterocycles. The quantitative estimate of drug-likeness (QED) is 0.828. The van der Waals surface area contributed by atoms with Crippen molar-refractivity contribution in [3.05, 3.63) is 60.2 Å². The smallest absolute Gasteiger partial charge is 0.208 e. The Morgan fingerprint density at radius 1 is 1.15 bits per heavy atom. The molecule has 0 bridgehead atoms. The SMILES string of the molecule is CS(=O)(=O)NC[C@H](c1cccnc1)N1CCN(c2ccc(F)cc2)CC1. The summed E-state index contributed by atoms with van der Waals surface area (Å²) in [6, 6.07) is 10.3. The summed E-state index contributed by atoms with van der Waals surface area (Å²) in [4.78, 5) is 8.63. The molecule has 6 nitrogen and oxygen atoms in total. The molecule has 140 valence electrons. The van der Waals surface area contributed by atoms with E-state index in [1.165, 1.54) is 18.4 Å². The molecule has 8 heteroatoms. The monoisotopic (exact) mass is 378 g/mol. The minimum absolute atomic E-state index is 0.0752. The molecule has 0 radical (unpaired) electrons. The van der Waals surface area contributed by atoms with Crippen molar-refractivity contribution in [3.63, 3.8) is 0 Å². The maximum absolute atomic E-state index is 13.1. The predicted molar refractivity (Wildman–Crippen MR) is 100 cm³/mol. The van der Waals surface area contributed by atoms with Crippen molar-refractivity contribution in [2.75, 3.05) is 43.9 Å². The molecule has 1 aliphatic rings. The van der Waals surface area contributed by atoms with Crippen LogP contribution in [0, 0.1) is 5.82 Å². The van der Waals surface area contributed by atoms with Gasteiger partial charge < -0.3 is 4.90 Å². The van der Waals surface area contributed by atoms with Crippen LogP contribution in [0.15, 0.2) is 48.8 Å². The molecule has 1 fully saturated rings. The second kappa shape index (κ2) is 8.11. The third-order valence-electron chi connectivity index (χ3n) is 4.55. The van der Waals surface area contributed by atoms with Gasteiger partial charge in [-0.1, -0.05) is 6.07 Å². The van der Waals surface area contributed by atoms with Gasteiger partial charge in [-0.3, -0.25) is 9.88 Å². The molecule has 1 N–H and O–H groups in total. The first-order valence-electron chi connectivity index (χ1n) is 8.51. The van der Waals surface area contributed by atoms with Crippen LogP contribution in [0.2, 0.25) is 0 Å². The number of hydrogen-bond donors (Lipinski definition) is 1. The highest BCUT2D eigenvalue weighted by Crippen LogP contribution is 2.23. The third kappa shape index (κ3) is 5.00. The van der Waals surface area contributed by atoms with Crippen molar-refractivity contribution >= 4 is 15.7 Å². The number of anilines is 1. The van der Waals surface area contributed by atoms with Crippen molar-refractivity contribution in [1.82, 2.24) is 14.6 Å². The topological polar surface area (TPSA) is 65.5 Å². The molecule has 1 atom stereocenters. The van der Waals surface area contributed by atoms with Crippen molar-refractivity contribution < 1.29 is 12.8 Å². The zero-order chi connectivity index (χ0) is 18.6. The molecule has 26 heavy (non-hydrogen) atoms. The lowest BCUT2D eigenvalue weighted by Crippen LogP contribution is -2.49. The van der Waals surface area contributed by atoms with E-state index in [0.717, 1.165) is 37.4 Å². The summed E-state index contributed by atoms with van der Waals surface area (Å²) in [5, 5.41) is 0. The number of rotatable bonds is 6. The Hall–Kier alpha value is -2.03. The lowest BCUT2D eigenvalue weighted by molar-refractivity contribution is 0.186. The number of benzene rings is 1. The lowest BCUT2D eigenvalue weighted by Gasteiger charge is -2.40. The summed E-state index contributed by atoms with van der Waals surface area (Å²) in [5.41, 5.74) is 1.98. The van der Waals surface area contributed by atoms with Gasteiger partial charge in [-0.25, -0.2) is 17.5 Å². The van der Waals surface area contributed by atoms with Crippen LogP contribution in [0.4, 0.5) is 10.1 Å². The Kier molecular flexibility index (Phi) is 5.85. The molecule has 0 amide bonds. The fraction of sp³-hybridized carbons (Fsp3) is 0.389. The Labute approximate surface area is 153 Å². The number of nitrogens with one attached hydrogen (secondary N) is 1. The number of nitrogens with zero attached hydrogens (tertiary/aromatic N) is 3. The standard InChI is InChI=1S/C18H23FN4O2S/c1-26(24,25)21-14-18(15-3-2-8-20-13-15)23-11-9-22(10-12-23)17-6-4-16(19)5-7-17/h2-8,13,18,21H,9-12,14H2,1H3/t18-/m1/s1. The fourth-order valence-electron chi connectivity index (χ4n) is 3.20. The van der Waals surface area contributed by atoms with E-state index in [1.807, 2.05) is 12.1 Å². The Morgan fingerprint density at radius 2 is 1.85 bits per heavy atom. The van der Waals surface area contributed by atoms with Gasteiger partial charge in [-0.15, -0.1) is 0 Å². The minimum Gasteiger partial charge on any atom is -0.369 e. The van der Waals surface area contributed by atoms with E-state index in [0.29, 0.717) is 6.54 Å². The van der Waals surface area contributed by atoms with Gasteiger partial charge in [0.05, 0.1) is 6.26 Å². The van der Waals surface area contributed by atoms with Crippen LogP contribution in [-0.2, 0) is 10.0 Å². The molecule has 1 saturated heterocycles. The largest absolute Gasteiger partial charge is 0.369 e. The van der Waals surface area contributed by atoms with E-state index in [2.05, 4.69) is 19.5 Å². The molecular weight excluding hydrogens is 355 g/mol. The van der Waals surface area contributed by atoms with Gasteiger partial charge in [0.25, 0.3) is 0 Å². The predicted octanol–water partition coefficient (Wildman–Crippen LogP) is 1.63. The van der Waals surface area contributed by atoms with E-state index >= 15 is 0 Å². The first-order chi connectivity index (χ1) is 12.4. The fourth-order valence-corrected chi connectivity index (χ4v) is 3.67. The number of halogens is 1. The van der Waals surface area contributed by atoms with Crippen LogP contribution >= 0.6 is 0 Å². The number of aromatic nitrogens is 1. The lowest BCUT2D eigenvalue weighted by atomic mass is 10.1. The Balaban J connectivity index is 1.69. The summed E-state index contributed by atoms with van der Waals surface area (Å²) in [7, 11) is -3.27. The Morgan fingerprint density at radius 3 is 2.42 bits per heavy atom. The highest BCUT2D eigenvalue weighted by Gasteiger charge is 2.26. The van der Waals surface area contributed by atoms with E-state index in [-0.39, 0.29) is 11.9 Å². The second-order valence-electron chi connectivity index (χ2n) is 6.42. The summed E-state index contributed by atoms with van der Waals surface area (Å²) >= 11 is 0. The highest BCUT2D eigenvalue weighted by atomic mass is 32.2. The molecule has 0 spiro atoms. The Bertz CT molecular complexity index is 807. The van der Waals surface area contributed by atoms with E-state index in [9.17, 15) is 12.8 Å². The van der Waals surface area contributed by atoms with E-state index in [4.69, 9.17) is 0 Å². The summed E-state index contributed by atoms with van der Waals surface area (Å²) in [5.74, 6) is -0.240. The normalized spacial score (nSPS) is 17.2.